The Morgan fingerprint density at radius 1 is 1.39 bits per heavy atom. The first-order valence-corrected chi connectivity index (χ1v) is 5.69. The molecule has 0 aliphatic heterocycles. The molecule has 0 saturated heterocycles. The molecular weight excluding hydrogens is 226 g/mol. The molecule has 4 heteroatoms. The highest BCUT2D eigenvalue weighted by Crippen LogP contribution is 2.20. The lowest BCUT2D eigenvalue weighted by molar-refractivity contribution is 0.471. The van der Waals surface area contributed by atoms with Gasteiger partial charge in [0.25, 0.3) is 0 Å². The molecule has 1 aromatic carbocycles. The molecule has 0 bridgehead atoms. The van der Waals surface area contributed by atoms with Gasteiger partial charge in [0, 0.05) is 25.5 Å². The van der Waals surface area contributed by atoms with E-state index in [0.29, 0.717) is 18.0 Å². The summed E-state index contributed by atoms with van der Waals surface area (Å²) in [5.74, 6) is 0.298. The van der Waals surface area contributed by atoms with Crippen molar-refractivity contribution in [2.75, 3.05) is 5.32 Å². The van der Waals surface area contributed by atoms with Crippen LogP contribution in [0, 0.1) is 18.3 Å². The van der Waals surface area contributed by atoms with Crippen LogP contribution in [0.5, 0.6) is 5.75 Å². The van der Waals surface area contributed by atoms with Gasteiger partial charge in [0.15, 0.2) is 0 Å². The van der Waals surface area contributed by atoms with Crippen molar-refractivity contribution in [1.29, 1.82) is 5.26 Å². The Kier molecular flexibility index (Phi) is 3.24. The van der Waals surface area contributed by atoms with Crippen LogP contribution < -0.4 is 5.32 Å². The molecule has 0 radical (unpaired) electrons. The average molecular weight is 241 g/mol. The minimum absolute atomic E-state index is 0.298. The second-order valence-corrected chi connectivity index (χ2v) is 4.31. The first-order valence-electron chi connectivity index (χ1n) is 5.69. The Morgan fingerprint density at radius 3 is 2.78 bits per heavy atom. The molecule has 0 saturated carbocycles. The molecular formula is C14H15N3O. The fraction of sp³-hybridized carbons (Fsp3) is 0.214. The van der Waals surface area contributed by atoms with E-state index >= 15 is 0 Å². The van der Waals surface area contributed by atoms with Gasteiger partial charge in [0.05, 0.1) is 0 Å². The van der Waals surface area contributed by atoms with Crippen LogP contribution in [0.1, 0.15) is 16.8 Å². The molecule has 2 aromatic rings. The summed E-state index contributed by atoms with van der Waals surface area (Å²) in [7, 11) is 1.85. The summed E-state index contributed by atoms with van der Waals surface area (Å²) in [6, 6.07) is 9.39. The summed E-state index contributed by atoms with van der Waals surface area (Å²) < 4.78 is 1.80. The first kappa shape index (κ1) is 12.1. The molecule has 2 rings (SSSR count). The summed E-state index contributed by atoms with van der Waals surface area (Å²) in [6.45, 7) is 2.51. The number of aromatic nitrogens is 1. The molecule has 0 aliphatic carbocycles. The third-order valence-corrected chi connectivity index (χ3v) is 2.87. The molecule has 0 aliphatic rings. The summed E-state index contributed by atoms with van der Waals surface area (Å²) >= 11 is 0. The van der Waals surface area contributed by atoms with Gasteiger partial charge in [-0.05, 0) is 42.3 Å². The number of nitrogens with one attached hydrogen (secondary N) is 1. The number of aromatic hydroxyl groups is 1. The largest absolute Gasteiger partial charge is 0.508 e. The van der Waals surface area contributed by atoms with E-state index in [0.717, 1.165) is 16.8 Å². The van der Waals surface area contributed by atoms with Gasteiger partial charge in [-0.1, -0.05) is 0 Å². The van der Waals surface area contributed by atoms with Crippen molar-refractivity contribution < 1.29 is 5.11 Å². The quantitative estimate of drug-likeness (QED) is 0.812. The molecule has 0 fully saturated rings. The second-order valence-electron chi connectivity index (χ2n) is 4.31. The predicted octanol–water partition coefficient (Wildman–Crippen LogP) is 2.52. The lowest BCUT2D eigenvalue weighted by Crippen LogP contribution is -1.98. The Hall–Kier alpha value is -2.41. The molecule has 1 heterocycles. The normalized spacial score (nSPS) is 10.1. The lowest BCUT2D eigenvalue weighted by Gasteiger charge is -2.06. The zero-order chi connectivity index (χ0) is 13.1. The maximum absolute atomic E-state index is 9.43. The van der Waals surface area contributed by atoms with Crippen molar-refractivity contribution in [3.63, 3.8) is 0 Å². The van der Waals surface area contributed by atoms with Gasteiger partial charge in [-0.15, -0.1) is 0 Å². The van der Waals surface area contributed by atoms with Crippen LogP contribution in [0.25, 0.3) is 0 Å². The van der Waals surface area contributed by atoms with Gasteiger partial charge in [-0.25, -0.2) is 0 Å². The van der Waals surface area contributed by atoms with Gasteiger partial charge in [0.1, 0.15) is 17.5 Å². The zero-order valence-corrected chi connectivity index (χ0v) is 10.4. The van der Waals surface area contributed by atoms with E-state index in [1.165, 1.54) is 0 Å². The Bertz CT molecular complexity index is 608. The highest BCUT2D eigenvalue weighted by molar-refractivity contribution is 5.50. The van der Waals surface area contributed by atoms with Crippen LogP contribution in [0.2, 0.25) is 0 Å². The molecule has 2 N–H and O–H groups in total. The van der Waals surface area contributed by atoms with E-state index in [1.807, 2.05) is 38.4 Å². The standard InChI is InChI=1S/C14H15N3O/c1-10-5-12(3-4-14(10)18)16-8-11-6-13(7-15)17(2)9-11/h3-6,9,16,18H,8H2,1-2H3. The Morgan fingerprint density at radius 2 is 2.17 bits per heavy atom. The number of phenols is 1. The number of aryl methyl sites for hydroxylation is 2. The maximum atomic E-state index is 9.43. The SMILES string of the molecule is Cc1cc(NCc2cc(C#N)n(C)c2)ccc1O. The number of hydrogen-bond acceptors (Lipinski definition) is 3. The van der Waals surface area contributed by atoms with Crippen LogP contribution in [0.4, 0.5) is 5.69 Å². The summed E-state index contributed by atoms with van der Waals surface area (Å²) in [5.41, 5.74) is 3.49. The van der Waals surface area contributed by atoms with Gasteiger partial charge >= 0.3 is 0 Å². The summed E-state index contributed by atoms with van der Waals surface area (Å²) in [4.78, 5) is 0. The number of phenolic OH excluding ortho intramolecular Hbond substituents is 1. The number of benzene rings is 1. The van der Waals surface area contributed by atoms with E-state index in [4.69, 9.17) is 5.26 Å². The number of hydrogen-bond donors (Lipinski definition) is 2. The number of rotatable bonds is 3. The van der Waals surface area contributed by atoms with Gasteiger partial charge < -0.3 is 15.0 Å². The summed E-state index contributed by atoms with van der Waals surface area (Å²) in [6.07, 6.45) is 1.93. The van der Waals surface area contributed by atoms with E-state index in [9.17, 15) is 5.11 Å². The lowest BCUT2D eigenvalue weighted by atomic mass is 10.2. The third-order valence-electron chi connectivity index (χ3n) is 2.87. The van der Waals surface area contributed by atoms with Crippen molar-refractivity contribution in [1.82, 2.24) is 4.57 Å². The van der Waals surface area contributed by atoms with Crippen LogP contribution in [-0.4, -0.2) is 9.67 Å². The van der Waals surface area contributed by atoms with Crippen LogP contribution in [-0.2, 0) is 13.6 Å². The monoisotopic (exact) mass is 241 g/mol. The van der Waals surface area contributed by atoms with E-state index in [-0.39, 0.29) is 0 Å². The van der Waals surface area contributed by atoms with Crippen molar-refractivity contribution in [3.05, 3.63) is 47.3 Å². The minimum Gasteiger partial charge on any atom is -0.508 e. The van der Waals surface area contributed by atoms with Crippen molar-refractivity contribution in [3.8, 4) is 11.8 Å². The van der Waals surface area contributed by atoms with Crippen LogP contribution >= 0.6 is 0 Å². The second kappa shape index (κ2) is 4.84. The summed E-state index contributed by atoms with van der Waals surface area (Å²) in [5, 5.41) is 21.6. The molecule has 18 heavy (non-hydrogen) atoms. The first-order chi connectivity index (χ1) is 8.60. The number of anilines is 1. The number of nitriles is 1. The molecule has 0 amide bonds. The molecule has 0 spiro atoms. The Balaban J connectivity index is 2.07. The third kappa shape index (κ3) is 2.46. The fourth-order valence-electron chi connectivity index (χ4n) is 1.81. The fourth-order valence-corrected chi connectivity index (χ4v) is 1.81. The average Bonchev–Trinajstić information content (AvgIpc) is 2.71. The number of nitrogens with zero attached hydrogens (tertiary/aromatic N) is 2. The smallest absolute Gasteiger partial charge is 0.120 e. The molecule has 4 nitrogen and oxygen atoms in total. The van der Waals surface area contributed by atoms with Crippen molar-refractivity contribution in [2.45, 2.75) is 13.5 Å². The van der Waals surface area contributed by atoms with Gasteiger partial charge in [-0.2, -0.15) is 5.26 Å². The highest BCUT2D eigenvalue weighted by atomic mass is 16.3. The van der Waals surface area contributed by atoms with E-state index in [2.05, 4.69) is 11.4 Å². The van der Waals surface area contributed by atoms with Crippen LogP contribution in [0.15, 0.2) is 30.5 Å². The molecule has 0 unspecified atom stereocenters. The minimum atomic E-state index is 0.298. The van der Waals surface area contributed by atoms with Crippen molar-refractivity contribution >= 4 is 5.69 Å². The Labute approximate surface area is 106 Å². The van der Waals surface area contributed by atoms with Crippen LogP contribution in [0.3, 0.4) is 0 Å². The van der Waals surface area contributed by atoms with Gasteiger partial charge in [-0.3, -0.25) is 0 Å². The van der Waals surface area contributed by atoms with Gasteiger partial charge in [0.2, 0.25) is 0 Å². The molecule has 92 valence electrons. The zero-order valence-electron chi connectivity index (χ0n) is 10.4. The molecule has 1 aromatic heterocycles. The topological polar surface area (TPSA) is 61.0 Å². The van der Waals surface area contributed by atoms with E-state index in [1.54, 1.807) is 10.6 Å². The predicted molar refractivity (Wildman–Crippen MR) is 70.3 cm³/mol. The van der Waals surface area contributed by atoms with E-state index < -0.39 is 0 Å². The van der Waals surface area contributed by atoms with Crippen molar-refractivity contribution in [2.24, 2.45) is 7.05 Å². The molecule has 0 atom stereocenters. The highest BCUT2D eigenvalue weighted by Gasteiger charge is 2.03. The maximum Gasteiger partial charge on any atom is 0.120 e.